The predicted octanol–water partition coefficient (Wildman–Crippen LogP) is 2.48. The lowest BCUT2D eigenvalue weighted by atomic mass is 10.1. The van der Waals surface area contributed by atoms with E-state index in [1.807, 2.05) is 31.1 Å². The third kappa shape index (κ3) is 5.17. The van der Waals surface area contributed by atoms with Gasteiger partial charge in [-0.25, -0.2) is 9.18 Å². The summed E-state index contributed by atoms with van der Waals surface area (Å²) >= 11 is 0. The zero-order valence-corrected chi connectivity index (χ0v) is 16.2. The van der Waals surface area contributed by atoms with Gasteiger partial charge >= 0.3 is 6.03 Å². The molecule has 0 spiro atoms. The molecule has 1 aromatic heterocycles. The monoisotopic (exact) mass is 387 g/mol. The Bertz CT molecular complexity index is 781. The number of nitrogens with one attached hydrogen (secondary N) is 2. The van der Waals surface area contributed by atoms with Crippen LogP contribution < -0.4 is 15.5 Å². The van der Waals surface area contributed by atoms with Gasteiger partial charge in [0, 0.05) is 32.0 Å². The number of urea groups is 1. The molecule has 1 atom stereocenters. The highest BCUT2D eigenvalue weighted by atomic mass is 19.1. The molecule has 1 unspecified atom stereocenters. The molecule has 0 bridgehead atoms. The van der Waals surface area contributed by atoms with E-state index in [1.165, 1.54) is 12.1 Å². The van der Waals surface area contributed by atoms with Gasteiger partial charge in [0.25, 0.3) is 0 Å². The largest absolute Gasteiger partial charge is 0.378 e. The molecule has 2 N–H and O–H groups in total. The summed E-state index contributed by atoms with van der Waals surface area (Å²) in [6, 6.07) is 7.91. The quantitative estimate of drug-likeness (QED) is 0.797. The van der Waals surface area contributed by atoms with Crippen LogP contribution in [0.4, 0.5) is 20.6 Å². The zero-order chi connectivity index (χ0) is 19.9. The summed E-state index contributed by atoms with van der Waals surface area (Å²) in [7, 11) is 3.90. The molecule has 0 radical (unpaired) electrons. The average molecular weight is 387 g/mol. The van der Waals surface area contributed by atoms with Crippen LogP contribution in [0.25, 0.3) is 0 Å². The molecule has 1 aromatic carbocycles. The van der Waals surface area contributed by atoms with Gasteiger partial charge in [-0.15, -0.1) is 0 Å². The van der Waals surface area contributed by atoms with E-state index in [-0.39, 0.29) is 12.1 Å². The molecule has 2 aromatic rings. The Labute approximate surface area is 164 Å². The van der Waals surface area contributed by atoms with Crippen LogP contribution in [-0.4, -0.2) is 62.9 Å². The highest BCUT2D eigenvalue weighted by Crippen LogP contribution is 2.27. The molecule has 0 saturated carbocycles. The summed E-state index contributed by atoms with van der Waals surface area (Å²) in [4.78, 5) is 20.6. The minimum absolute atomic E-state index is 0.0000249. The van der Waals surface area contributed by atoms with E-state index >= 15 is 0 Å². The number of carbonyl (C=O) groups is 1. The average Bonchev–Trinajstić information content (AvgIpc) is 2.69. The summed E-state index contributed by atoms with van der Waals surface area (Å²) in [6.45, 7) is 3.03. The second-order valence-corrected chi connectivity index (χ2v) is 6.86. The number of morpholine rings is 1. The van der Waals surface area contributed by atoms with Gasteiger partial charge in [-0.2, -0.15) is 0 Å². The number of likely N-dealkylation sites (N-methyl/N-ethyl adjacent to an activating group) is 1. The first kappa shape index (κ1) is 20.0. The van der Waals surface area contributed by atoms with Gasteiger partial charge in [-0.3, -0.25) is 4.98 Å². The van der Waals surface area contributed by atoms with Crippen molar-refractivity contribution in [1.82, 2.24) is 15.2 Å². The first-order valence-electron chi connectivity index (χ1n) is 9.28. The number of pyridine rings is 1. The first-order chi connectivity index (χ1) is 13.5. The van der Waals surface area contributed by atoms with Crippen LogP contribution in [0.1, 0.15) is 11.6 Å². The zero-order valence-electron chi connectivity index (χ0n) is 16.2. The number of benzene rings is 1. The van der Waals surface area contributed by atoms with Crippen molar-refractivity contribution in [2.45, 2.75) is 6.04 Å². The normalized spacial score (nSPS) is 15.4. The molecule has 1 fully saturated rings. The van der Waals surface area contributed by atoms with Gasteiger partial charge in [0.15, 0.2) is 0 Å². The number of ether oxygens (including phenoxy) is 1. The van der Waals surface area contributed by atoms with Crippen molar-refractivity contribution < 1.29 is 13.9 Å². The fraction of sp³-hybridized carbons (Fsp3) is 0.400. The lowest BCUT2D eigenvalue weighted by molar-refractivity contribution is 0.123. The topological polar surface area (TPSA) is 69.7 Å². The predicted molar refractivity (Wildman–Crippen MR) is 107 cm³/mol. The van der Waals surface area contributed by atoms with Crippen LogP contribution in [0.3, 0.4) is 0 Å². The molecule has 7 nitrogen and oxygen atoms in total. The molecule has 150 valence electrons. The van der Waals surface area contributed by atoms with E-state index < -0.39 is 5.82 Å². The molecule has 8 heteroatoms. The number of hydrogen-bond acceptors (Lipinski definition) is 5. The van der Waals surface area contributed by atoms with Gasteiger partial charge in [-0.05, 0) is 50.0 Å². The Hall–Kier alpha value is -2.71. The van der Waals surface area contributed by atoms with Gasteiger partial charge in [0.05, 0.1) is 30.6 Å². The highest BCUT2D eigenvalue weighted by molar-refractivity contribution is 5.93. The van der Waals surface area contributed by atoms with Gasteiger partial charge < -0.3 is 25.2 Å². The smallest absolute Gasteiger partial charge is 0.319 e. The van der Waals surface area contributed by atoms with Crippen LogP contribution in [-0.2, 0) is 4.74 Å². The van der Waals surface area contributed by atoms with Crippen molar-refractivity contribution in [2.24, 2.45) is 0 Å². The maximum absolute atomic E-state index is 13.8. The Kier molecular flexibility index (Phi) is 6.78. The Balaban J connectivity index is 1.66. The van der Waals surface area contributed by atoms with Crippen LogP contribution >= 0.6 is 0 Å². The third-order valence-electron chi connectivity index (χ3n) is 4.73. The molecule has 2 amide bonds. The lowest BCUT2D eigenvalue weighted by Gasteiger charge is -2.30. The molecule has 0 aliphatic carbocycles. The molecule has 3 rings (SSSR count). The Morgan fingerprint density at radius 1 is 1.25 bits per heavy atom. The van der Waals surface area contributed by atoms with E-state index in [0.29, 0.717) is 38.5 Å². The van der Waals surface area contributed by atoms with Gasteiger partial charge in [0.2, 0.25) is 0 Å². The van der Waals surface area contributed by atoms with Crippen molar-refractivity contribution >= 4 is 17.4 Å². The number of carbonyl (C=O) groups excluding carboxylic acids is 1. The number of halogens is 1. The van der Waals surface area contributed by atoms with E-state index in [9.17, 15) is 9.18 Å². The van der Waals surface area contributed by atoms with Gasteiger partial charge in [-0.1, -0.05) is 0 Å². The molecule has 28 heavy (non-hydrogen) atoms. The van der Waals surface area contributed by atoms with Crippen molar-refractivity contribution in [3.05, 3.63) is 54.1 Å². The second-order valence-electron chi connectivity index (χ2n) is 6.86. The number of hydrogen-bond donors (Lipinski definition) is 2. The standard InChI is InChI=1S/C20H26FN5O2/c1-25(2)19(15-5-7-22-8-6-15)14-23-20(27)24-17-13-16(21)3-4-18(17)26-9-11-28-12-10-26/h3-8,13,19H,9-12,14H2,1-2H3,(H2,23,24,27). The maximum Gasteiger partial charge on any atom is 0.319 e. The van der Waals surface area contributed by atoms with Crippen LogP contribution in [0, 0.1) is 5.82 Å². The highest BCUT2D eigenvalue weighted by Gasteiger charge is 2.18. The fourth-order valence-electron chi connectivity index (χ4n) is 3.23. The van der Waals surface area contributed by atoms with E-state index in [2.05, 4.69) is 20.5 Å². The lowest BCUT2D eigenvalue weighted by Crippen LogP contribution is -2.39. The van der Waals surface area contributed by atoms with Crippen molar-refractivity contribution in [3.63, 3.8) is 0 Å². The number of amides is 2. The van der Waals surface area contributed by atoms with E-state index in [1.54, 1.807) is 18.5 Å². The Morgan fingerprint density at radius 2 is 1.96 bits per heavy atom. The summed E-state index contributed by atoms with van der Waals surface area (Å²) in [5.74, 6) is -0.393. The van der Waals surface area contributed by atoms with Crippen molar-refractivity contribution in [1.29, 1.82) is 0 Å². The SMILES string of the molecule is CN(C)C(CNC(=O)Nc1cc(F)ccc1N1CCOCC1)c1ccncc1. The molecule has 1 aliphatic heterocycles. The first-order valence-corrected chi connectivity index (χ1v) is 9.28. The van der Waals surface area contributed by atoms with Crippen LogP contribution in [0.5, 0.6) is 0 Å². The molecule has 1 saturated heterocycles. The summed E-state index contributed by atoms with van der Waals surface area (Å²) in [6.07, 6.45) is 3.46. The summed E-state index contributed by atoms with van der Waals surface area (Å²) < 4.78 is 19.1. The van der Waals surface area contributed by atoms with E-state index in [0.717, 1.165) is 11.3 Å². The van der Waals surface area contributed by atoms with Crippen molar-refractivity contribution in [2.75, 3.05) is 57.2 Å². The molecule has 2 heterocycles. The maximum atomic E-state index is 13.8. The van der Waals surface area contributed by atoms with Crippen molar-refractivity contribution in [3.8, 4) is 0 Å². The molecule has 1 aliphatic rings. The number of nitrogens with zero attached hydrogens (tertiary/aromatic N) is 3. The summed E-state index contributed by atoms with van der Waals surface area (Å²) in [5, 5.41) is 5.67. The number of aromatic nitrogens is 1. The molecular weight excluding hydrogens is 361 g/mol. The summed E-state index contributed by atoms with van der Waals surface area (Å²) in [5.41, 5.74) is 2.29. The van der Waals surface area contributed by atoms with Crippen LogP contribution in [0.15, 0.2) is 42.7 Å². The molecular formula is C20H26FN5O2. The van der Waals surface area contributed by atoms with E-state index in [4.69, 9.17) is 4.74 Å². The van der Waals surface area contributed by atoms with Crippen LogP contribution in [0.2, 0.25) is 0 Å². The third-order valence-corrected chi connectivity index (χ3v) is 4.73. The minimum Gasteiger partial charge on any atom is -0.378 e. The minimum atomic E-state index is -0.393. The Morgan fingerprint density at radius 3 is 2.64 bits per heavy atom. The second kappa shape index (κ2) is 9.48. The fourth-order valence-corrected chi connectivity index (χ4v) is 3.23. The number of anilines is 2. The number of rotatable bonds is 6. The van der Waals surface area contributed by atoms with Gasteiger partial charge in [0.1, 0.15) is 5.82 Å².